The number of hydrogen-bond donors (Lipinski definition) is 1. The number of rotatable bonds is 9. The molecule has 0 spiro atoms. The number of carbonyl (C=O) groups is 3. The summed E-state index contributed by atoms with van der Waals surface area (Å²) in [6.45, 7) is 1.62. The Hall–Kier alpha value is -4.17. The van der Waals surface area contributed by atoms with Crippen molar-refractivity contribution >= 4 is 17.8 Å². The van der Waals surface area contributed by atoms with Gasteiger partial charge in [0.25, 0.3) is 11.8 Å². The van der Waals surface area contributed by atoms with Crippen molar-refractivity contribution < 1.29 is 33.8 Å². The molecule has 0 aliphatic carbocycles. The largest absolute Gasteiger partial charge is 0.497 e. The lowest BCUT2D eigenvalue weighted by Crippen LogP contribution is -2.33. The van der Waals surface area contributed by atoms with Crippen LogP contribution in [0.4, 0.5) is 0 Å². The van der Waals surface area contributed by atoms with Crippen LogP contribution in [0.25, 0.3) is 0 Å². The predicted octanol–water partition coefficient (Wildman–Crippen LogP) is 3.77. The minimum Gasteiger partial charge on any atom is -0.497 e. The average molecular weight is 504 g/mol. The summed E-state index contributed by atoms with van der Waals surface area (Å²) >= 11 is 0. The molecule has 1 aliphatic heterocycles. The highest BCUT2D eigenvalue weighted by molar-refractivity contribution is 6.03. The van der Waals surface area contributed by atoms with E-state index in [0.717, 1.165) is 5.56 Å². The Morgan fingerprint density at radius 1 is 0.865 bits per heavy atom. The van der Waals surface area contributed by atoms with Gasteiger partial charge in [0.05, 0.1) is 20.6 Å². The molecule has 1 unspecified atom stereocenters. The molecule has 8 heteroatoms. The number of amides is 2. The van der Waals surface area contributed by atoms with Gasteiger partial charge in [0, 0.05) is 12.3 Å². The second-order valence-corrected chi connectivity index (χ2v) is 8.96. The summed E-state index contributed by atoms with van der Waals surface area (Å²) in [5.74, 6) is -0.800. The molecule has 3 aromatic carbocycles. The van der Waals surface area contributed by atoms with Crippen LogP contribution in [0.5, 0.6) is 11.5 Å². The Bertz CT molecular complexity index is 1220. The molecule has 0 aromatic heterocycles. The van der Waals surface area contributed by atoms with Crippen LogP contribution in [0.3, 0.4) is 0 Å². The van der Waals surface area contributed by atoms with E-state index in [1.807, 2.05) is 48.5 Å². The van der Waals surface area contributed by atoms with Gasteiger partial charge in [0.15, 0.2) is 0 Å². The van der Waals surface area contributed by atoms with Gasteiger partial charge in [0.1, 0.15) is 17.1 Å². The van der Waals surface area contributed by atoms with Crippen LogP contribution in [-0.2, 0) is 31.2 Å². The highest BCUT2D eigenvalue weighted by atomic mass is 16.7. The molecular formula is C29H29NO7. The van der Waals surface area contributed by atoms with Crippen LogP contribution in [0.1, 0.15) is 42.0 Å². The first kappa shape index (κ1) is 25.9. The normalized spacial score (nSPS) is 15.6. The van der Waals surface area contributed by atoms with Crippen LogP contribution in [0, 0.1) is 5.92 Å². The molecule has 2 amide bonds. The van der Waals surface area contributed by atoms with Crippen LogP contribution < -0.4 is 9.47 Å². The second kappa shape index (κ2) is 10.8. The number of ether oxygens (including phenoxy) is 2. The van der Waals surface area contributed by atoms with E-state index < -0.39 is 29.3 Å². The van der Waals surface area contributed by atoms with Crippen molar-refractivity contribution in [2.45, 2.75) is 31.8 Å². The SMILES string of the molecule is COc1ccc(C(O)(c2ccc(CCC(=O)ON3C(=O)CC(C)C3=O)cc2)c2ccc(OC)cc2)cc1. The zero-order valence-electron chi connectivity index (χ0n) is 21.0. The molecule has 0 saturated carbocycles. The van der Waals surface area contributed by atoms with Crippen molar-refractivity contribution in [3.63, 3.8) is 0 Å². The van der Waals surface area contributed by atoms with Gasteiger partial charge >= 0.3 is 5.97 Å². The summed E-state index contributed by atoms with van der Waals surface area (Å²) in [4.78, 5) is 41.0. The van der Waals surface area contributed by atoms with Crippen molar-refractivity contribution in [3.8, 4) is 11.5 Å². The maximum atomic E-state index is 12.2. The molecule has 1 heterocycles. The monoisotopic (exact) mass is 503 g/mol. The molecule has 3 aromatic rings. The van der Waals surface area contributed by atoms with E-state index in [4.69, 9.17) is 14.3 Å². The van der Waals surface area contributed by atoms with E-state index in [2.05, 4.69) is 0 Å². The van der Waals surface area contributed by atoms with Crippen LogP contribution in [0.15, 0.2) is 72.8 Å². The fourth-order valence-electron chi connectivity index (χ4n) is 4.32. The zero-order valence-corrected chi connectivity index (χ0v) is 21.0. The topological polar surface area (TPSA) is 102 Å². The fraction of sp³-hybridized carbons (Fsp3) is 0.276. The van der Waals surface area contributed by atoms with E-state index in [9.17, 15) is 19.5 Å². The van der Waals surface area contributed by atoms with Gasteiger partial charge in [-0.1, -0.05) is 55.5 Å². The summed E-state index contributed by atoms with van der Waals surface area (Å²) in [6, 6.07) is 21.7. The molecule has 1 atom stereocenters. The van der Waals surface area contributed by atoms with Gasteiger partial charge in [-0.3, -0.25) is 9.59 Å². The molecule has 8 nitrogen and oxygen atoms in total. The number of benzene rings is 3. The van der Waals surface area contributed by atoms with Crippen molar-refractivity contribution in [1.29, 1.82) is 0 Å². The van der Waals surface area contributed by atoms with E-state index in [0.29, 0.717) is 39.7 Å². The highest BCUT2D eigenvalue weighted by Crippen LogP contribution is 2.38. The van der Waals surface area contributed by atoms with Crippen molar-refractivity contribution in [2.24, 2.45) is 5.92 Å². The van der Waals surface area contributed by atoms with E-state index in [-0.39, 0.29) is 12.8 Å². The summed E-state index contributed by atoms with van der Waals surface area (Å²) in [5, 5.41) is 12.6. The number of hydroxylamine groups is 2. The standard InChI is InChI=1S/C29H29NO7/c1-19-18-26(31)30(28(19)33)37-27(32)17-6-20-4-7-21(8-5-20)29(34,22-9-13-24(35-2)14-10-22)23-11-15-25(36-3)16-12-23/h4-5,7-16,19,34H,6,17-18H2,1-3H3. The second-order valence-electron chi connectivity index (χ2n) is 8.96. The number of nitrogens with zero attached hydrogens (tertiary/aromatic N) is 1. The van der Waals surface area contributed by atoms with E-state index >= 15 is 0 Å². The lowest BCUT2D eigenvalue weighted by Gasteiger charge is -2.30. The van der Waals surface area contributed by atoms with Crippen LogP contribution >= 0.6 is 0 Å². The number of carbonyl (C=O) groups excluding carboxylic acids is 3. The van der Waals surface area contributed by atoms with Crippen molar-refractivity contribution in [1.82, 2.24) is 5.06 Å². The predicted molar refractivity (Wildman–Crippen MR) is 135 cm³/mol. The summed E-state index contributed by atoms with van der Waals surface area (Å²) in [7, 11) is 3.17. The summed E-state index contributed by atoms with van der Waals surface area (Å²) in [6.07, 6.45) is 0.374. The van der Waals surface area contributed by atoms with Gasteiger partial charge in [-0.25, -0.2) is 4.79 Å². The number of aryl methyl sites for hydroxylation is 1. The number of hydrogen-bond acceptors (Lipinski definition) is 7. The Morgan fingerprint density at radius 3 is 1.73 bits per heavy atom. The molecule has 37 heavy (non-hydrogen) atoms. The average Bonchev–Trinajstić information content (AvgIpc) is 3.17. The molecule has 0 radical (unpaired) electrons. The lowest BCUT2D eigenvalue weighted by molar-refractivity contribution is -0.198. The molecular weight excluding hydrogens is 474 g/mol. The van der Waals surface area contributed by atoms with Gasteiger partial charge in [0.2, 0.25) is 0 Å². The molecule has 1 N–H and O–H groups in total. The molecule has 1 aliphatic rings. The Balaban J connectivity index is 1.53. The zero-order chi connectivity index (χ0) is 26.6. The Kier molecular flexibility index (Phi) is 7.59. The first-order chi connectivity index (χ1) is 17.8. The maximum absolute atomic E-state index is 12.2. The highest BCUT2D eigenvalue weighted by Gasteiger charge is 2.39. The number of aliphatic hydroxyl groups is 1. The van der Waals surface area contributed by atoms with Crippen LogP contribution in [0.2, 0.25) is 0 Å². The number of methoxy groups -OCH3 is 2. The third-order valence-electron chi connectivity index (χ3n) is 6.53. The van der Waals surface area contributed by atoms with Crippen molar-refractivity contribution in [2.75, 3.05) is 14.2 Å². The molecule has 0 bridgehead atoms. The molecule has 4 rings (SSSR count). The maximum Gasteiger partial charge on any atom is 0.333 e. The Morgan fingerprint density at radius 2 is 1.32 bits per heavy atom. The van der Waals surface area contributed by atoms with Gasteiger partial charge in [-0.05, 0) is 52.9 Å². The smallest absolute Gasteiger partial charge is 0.333 e. The quantitative estimate of drug-likeness (QED) is 0.350. The van der Waals surface area contributed by atoms with Crippen LogP contribution in [-0.4, -0.2) is 42.2 Å². The van der Waals surface area contributed by atoms with Gasteiger partial charge < -0.3 is 19.4 Å². The van der Waals surface area contributed by atoms with E-state index in [1.165, 1.54) is 0 Å². The third kappa shape index (κ3) is 5.34. The first-order valence-corrected chi connectivity index (χ1v) is 11.9. The van der Waals surface area contributed by atoms with Crippen molar-refractivity contribution in [3.05, 3.63) is 95.1 Å². The lowest BCUT2D eigenvalue weighted by atomic mass is 9.80. The molecule has 192 valence electrons. The minimum absolute atomic E-state index is 0.00792. The van der Waals surface area contributed by atoms with E-state index in [1.54, 1.807) is 45.4 Å². The minimum atomic E-state index is -1.46. The summed E-state index contributed by atoms with van der Waals surface area (Å²) < 4.78 is 10.5. The number of imide groups is 1. The molecule has 1 fully saturated rings. The van der Waals surface area contributed by atoms with Gasteiger partial charge in [-0.2, -0.15) is 0 Å². The molecule has 1 saturated heterocycles. The Labute approximate surface area is 215 Å². The third-order valence-corrected chi connectivity index (χ3v) is 6.53. The first-order valence-electron chi connectivity index (χ1n) is 11.9. The fourth-order valence-corrected chi connectivity index (χ4v) is 4.32. The summed E-state index contributed by atoms with van der Waals surface area (Å²) in [5.41, 5.74) is 1.33. The van der Waals surface area contributed by atoms with Gasteiger partial charge in [-0.15, -0.1) is 5.06 Å².